The van der Waals surface area contributed by atoms with Gasteiger partial charge in [-0.25, -0.2) is 9.79 Å². The fourth-order valence-corrected chi connectivity index (χ4v) is 6.28. The molecule has 0 unspecified atom stereocenters. The normalized spacial score (nSPS) is 23.4. The molecule has 46 heavy (non-hydrogen) atoms. The van der Waals surface area contributed by atoms with Crippen LogP contribution in [0.2, 0.25) is 0 Å². The summed E-state index contributed by atoms with van der Waals surface area (Å²) in [6.45, 7) is 6.25. The molecule has 0 spiro atoms. The summed E-state index contributed by atoms with van der Waals surface area (Å²) in [4.78, 5) is 81.0. The molecule has 0 N–H and O–H groups in total. The number of hydrogen-bond acceptors (Lipinski definition) is 15. The summed E-state index contributed by atoms with van der Waals surface area (Å²) in [5.74, 6) is -4.30. The Morgan fingerprint density at radius 2 is 1.50 bits per heavy atom. The van der Waals surface area contributed by atoms with Gasteiger partial charge in [0.2, 0.25) is 12.4 Å². The zero-order chi connectivity index (χ0) is 33.5. The van der Waals surface area contributed by atoms with Crippen molar-refractivity contribution >= 4 is 75.8 Å². The molecule has 2 aliphatic heterocycles. The SMILES string of the molecule is CCOC(=O)c1ccc(N2C(=O)/C(=C/c3cccs3)N=C2S[C@@H]2O[C@H](OC(C)=O)[C@@H](OC(C)=O)[C@H](OC(C)=O)[C@H]2OC(C)=O)cc1. The number of esters is 5. The number of carbonyl (C=O) groups is 6. The van der Waals surface area contributed by atoms with E-state index in [2.05, 4.69) is 4.99 Å². The molecule has 5 atom stereocenters. The van der Waals surface area contributed by atoms with E-state index in [-0.39, 0.29) is 23.0 Å². The molecule has 1 amide bonds. The number of anilines is 1. The van der Waals surface area contributed by atoms with Crippen molar-refractivity contribution in [2.75, 3.05) is 11.5 Å². The number of benzene rings is 1. The summed E-state index contributed by atoms with van der Waals surface area (Å²) in [7, 11) is 0. The van der Waals surface area contributed by atoms with E-state index in [0.717, 1.165) is 44.3 Å². The summed E-state index contributed by atoms with van der Waals surface area (Å²) in [5.41, 5.74) is -0.679. The topological polar surface area (TPSA) is 173 Å². The lowest BCUT2D eigenvalue weighted by Crippen LogP contribution is -2.61. The van der Waals surface area contributed by atoms with Gasteiger partial charge in [0.15, 0.2) is 22.8 Å². The number of aliphatic imine (C=N–C) groups is 1. The lowest BCUT2D eigenvalue weighted by atomic mass is 10.0. The van der Waals surface area contributed by atoms with Crippen LogP contribution in [0.3, 0.4) is 0 Å². The Morgan fingerprint density at radius 3 is 2.07 bits per heavy atom. The third kappa shape index (κ3) is 8.38. The third-order valence-corrected chi connectivity index (χ3v) is 8.07. The van der Waals surface area contributed by atoms with Crippen molar-refractivity contribution in [2.24, 2.45) is 4.99 Å². The predicted octanol–water partition coefficient (Wildman–Crippen LogP) is 3.44. The molecule has 14 nitrogen and oxygen atoms in total. The number of carbonyl (C=O) groups excluding carboxylic acids is 6. The van der Waals surface area contributed by atoms with Gasteiger partial charge in [-0.2, -0.15) is 0 Å². The quantitative estimate of drug-likeness (QED) is 0.215. The molecule has 4 rings (SSSR count). The lowest BCUT2D eigenvalue weighted by molar-refractivity contribution is -0.280. The van der Waals surface area contributed by atoms with Crippen LogP contribution in [0.1, 0.15) is 49.9 Å². The molecule has 244 valence electrons. The van der Waals surface area contributed by atoms with Crippen LogP contribution in [-0.4, -0.2) is 77.6 Å². The van der Waals surface area contributed by atoms with Crippen molar-refractivity contribution in [3.63, 3.8) is 0 Å². The molecule has 3 heterocycles. The predicted molar refractivity (Wildman–Crippen MR) is 164 cm³/mol. The van der Waals surface area contributed by atoms with E-state index in [1.807, 2.05) is 11.4 Å². The number of rotatable bonds is 9. The van der Waals surface area contributed by atoms with Crippen LogP contribution in [0.25, 0.3) is 6.08 Å². The van der Waals surface area contributed by atoms with Gasteiger partial charge in [0.05, 0.1) is 17.9 Å². The average Bonchev–Trinajstić information content (AvgIpc) is 3.59. The van der Waals surface area contributed by atoms with Gasteiger partial charge in [0.1, 0.15) is 5.70 Å². The van der Waals surface area contributed by atoms with Crippen molar-refractivity contribution in [1.82, 2.24) is 0 Å². The molecule has 1 fully saturated rings. The molecule has 0 saturated carbocycles. The van der Waals surface area contributed by atoms with Crippen molar-refractivity contribution in [3.05, 3.63) is 57.9 Å². The number of thioether (sulfide) groups is 1. The number of hydrogen-bond donors (Lipinski definition) is 0. The average molecular weight is 675 g/mol. The standard InChI is InChI=1S/C30H30N2O12S2/c1-6-39-27(38)19-9-11-20(12-10-19)32-26(37)22(14-21-8-7-13-45-21)31-30(32)46-29-25(42-17(4)35)23(40-15(2)33)24(41-16(3)34)28(44-29)43-18(5)36/h7-14,23-25,28-29H,6H2,1-5H3/b22-14-/t23-,24-,25+,28-,29-/m0/s1. The van der Waals surface area contributed by atoms with Crippen molar-refractivity contribution in [2.45, 2.75) is 64.7 Å². The molecule has 1 aromatic carbocycles. The molecule has 16 heteroatoms. The van der Waals surface area contributed by atoms with Crippen molar-refractivity contribution in [3.8, 4) is 0 Å². The summed E-state index contributed by atoms with van der Waals surface area (Å²) in [6, 6.07) is 9.64. The summed E-state index contributed by atoms with van der Waals surface area (Å²) in [6.07, 6.45) is -4.45. The smallest absolute Gasteiger partial charge is 0.338 e. The maximum atomic E-state index is 13.8. The monoisotopic (exact) mass is 674 g/mol. The Labute approximate surface area is 271 Å². The van der Waals surface area contributed by atoms with E-state index < -0.39 is 65.8 Å². The van der Waals surface area contributed by atoms with Crippen LogP contribution in [0.15, 0.2) is 52.5 Å². The van der Waals surface area contributed by atoms with E-state index in [0.29, 0.717) is 5.69 Å². The minimum Gasteiger partial charge on any atom is -0.462 e. The van der Waals surface area contributed by atoms with Crippen molar-refractivity contribution < 1.29 is 57.2 Å². The van der Waals surface area contributed by atoms with E-state index in [1.54, 1.807) is 19.1 Å². The molecule has 1 saturated heterocycles. The first-order valence-corrected chi connectivity index (χ1v) is 15.6. The largest absolute Gasteiger partial charge is 0.462 e. The Kier molecular flexibility index (Phi) is 11.3. The summed E-state index contributed by atoms with van der Waals surface area (Å²) in [5, 5.41) is 1.88. The van der Waals surface area contributed by atoms with E-state index in [1.165, 1.54) is 40.5 Å². The molecule has 1 aromatic heterocycles. The Bertz CT molecular complexity index is 1550. The van der Waals surface area contributed by atoms with Gasteiger partial charge < -0.3 is 28.4 Å². The molecule has 2 aromatic rings. The number of nitrogens with zero attached hydrogens (tertiary/aromatic N) is 2. The highest BCUT2D eigenvalue weighted by Crippen LogP contribution is 2.39. The summed E-state index contributed by atoms with van der Waals surface area (Å²) < 4.78 is 32.6. The summed E-state index contributed by atoms with van der Waals surface area (Å²) >= 11 is 2.19. The highest BCUT2D eigenvalue weighted by Gasteiger charge is 2.54. The van der Waals surface area contributed by atoms with Crippen LogP contribution in [-0.2, 0) is 52.4 Å². The zero-order valence-corrected chi connectivity index (χ0v) is 27.0. The van der Waals surface area contributed by atoms with E-state index in [9.17, 15) is 28.8 Å². The minimum atomic E-state index is -1.61. The molecular weight excluding hydrogens is 644 g/mol. The Hall–Kier alpha value is -4.54. The first kappa shape index (κ1) is 34.3. The zero-order valence-electron chi connectivity index (χ0n) is 25.3. The van der Waals surface area contributed by atoms with Gasteiger partial charge in [0, 0.05) is 32.6 Å². The fraction of sp³-hybridized carbons (Fsp3) is 0.367. The van der Waals surface area contributed by atoms with Crippen LogP contribution in [0, 0.1) is 0 Å². The van der Waals surface area contributed by atoms with Crippen molar-refractivity contribution in [1.29, 1.82) is 0 Å². The first-order valence-electron chi connectivity index (χ1n) is 13.8. The van der Waals surface area contributed by atoms with Crippen LogP contribution in [0.4, 0.5) is 5.69 Å². The van der Waals surface area contributed by atoms with Crippen LogP contribution in [0.5, 0.6) is 0 Å². The first-order chi connectivity index (χ1) is 21.9. The second-order valence-corrected chi connectivity index (χ2v) is 11.7. The highest BCUT2D eigenvalue weighted by molar-refractivity contribution is 8.14. The second-order valence-electron chi connectivity index (χ2n) is 9.67. The van der Waals surface area contributed by atoms with Gasteiger partial charge in [-0.15, -0.1) is 11.3 Å². The Balaban J connectivity index is 1.78. The minimum absolute atomic E-state index is 0.0490. The third-order valence-electron chi connectivity index (χ3n) is 6.15. The molecule has 2 aliphatic rings. The number of amides is 1. The van der Waals surface area contributed by atoms with Gasteiger partial charge in [-0.3, -0.25) is 28.9 Å². The second kappa shape index (κ2) is 15.2. The van der Waals surface area contributed by atoms with E-state index in [4.69, 9.17) is 28.4 Å². The van der Waals surface area contributed by atoms with Crippen LogP contribution >= 0.6 is 23.1 Å². The fourth-order valence-electron chi connectivity index (χ4n) is 4.47. The molecule has 0 radical (unpaired) electrons. The van der Waals surface area contributed by atoms with Gasteiger partial charge in [-0.05, 0) is 48.7 Å². The maximum Gasteiger partial charge on any atom is 0.338 e. The number of thiophene rings is 1. The van der Waals surface area contributed by atoms with Gasteiger partial charge >= 0.3 is 29.8 Å². The molecule has 0 aliphatic carbocycles. The van der Waals surface area contributed by atoms with Crippen LogP contribution < -0.4 is 4.90 Å². The number of amidine groups is 1. The number of ether oxygens (including phenoxy) is 6. The van der Waals surface area contributed by atoms with Gasteiger partial charge in [-0.1, -0.05) is 17.8 Å². The molecule has 0 bridgehead atoms. The highest BCUT2D eigenvalue weighted by atomic mass is 32.2. The lowest BCUT2D eigenvalue weighted by Gasteiger charge is -2.43. The Morgan fingerprint density at radius 1 is 0.891 bits per heavy atom. The maximum absolute atomic E-state index is 13.8. The molecular formula is C30H30N2O12S2. The van der Waals surface area contributed by atoms with E-state index >= 15 is 0 Å². The van der Waals surface area contributed by atoms with Gasteiger partial charge in [0.25, 0.3) is 5.91 Å².